The second-order valence-electron chi connectivity index (χ2n) is 3.57. The zero-order valence-electron chi connectivity index (χ0n) is 10.2. The Labute approximate surface area is 100 Å². The van der Waals surface area contributed by atoms with Crippen molar-refractivity contribution in [2.45, 2.75) is 39.7 Å². The average Bonchev–Trinajstić information content (AvgIpc) is 2.66. The van der Waals surface area contributed by atoms with Crippen molar-refractivity contribution in [1.29, 1.82) is 0 Å². The van der Waals surface area contributed by atoms with Crippen LogP contribution in [0.1, 0.15) is 42.1 Å². The van der Waals surface area contributed by atoms with Crippen molar-refractivity contribution >= 4 is 22.4 Å². The molecule has 0 bridgehead atoms. The fourth-order valence-corrected chi connectivity index (χ4v) is 2.29. The molecular formula is C11H18N2O2S. The van der Waals surface area contributed by atoms with Crippen LogP contribution < -0.4 is 5.32 Å². The summed E-state index contributed by atoms with van der Waals surface area (Å²) in [4.78, 5) is 16.5. The van der Waals surface area contributed by atoms with Crippen molar-refractivity contribution in [3.63, 3.8) is 0 Å². The molecule has 1 aromatic rings. The summed E-state index contributed by atoms with van der Waals surface area (Å²) in [6.45, 7) is 6.13. The Balaban J connectivity index is 2.80. The van der Waals surface area contributed by atoms with Crippen LogP contribution in [0.15, 0.2) is 0 Å². The molecule has 0 saturated carbocycles. The number of hydrogen-bond acceptors (Lipinski definition) is 5. The van der Waals surface area contributed by atoms with Crippen LogP contribution in [-0.2, 0) is 4.74 Å². The quantitative estimate of drug-likeness (QED) is 0.807. The number of hydrogen-bond donors (Lipinski definition) is 1. The zero-order valence-corrected chi connectivity index (χ0v) is 11.0. The number of rotatable bonds is 5. The van der Waals surface area contributed by atoms with Gasteiger partial charge in [0.15, 0.2) is 10.8 Å². The van der Waals surface area contributed by atoms with Crippen LogP contribution in [0.25, 0.3) is 0 Å². The van der Waals surface area contributed by atoms with E-state index in [-0.39, 0.29) is 5.97 Å². The number of thiazole rings is 1. The predicted molar refractivity (Wildman–Crippen MR) is 66.2 cm³/mol. The average molecular weight is 242 g/mol. The first kappa shape index (κ1) is 13.0. The number of ether oxygens (including phenoxy) is 1. The van der Waals surface area contributed by atoms with E-state index in [1.165, 1.54) is 18.4 Å². The summed E-state index contributed by atoms with van der Waals surface area (Å²) in [6, 6.07) is 0.413. The molecule has 0 aliphatic heterocycles. The largest absolute Gasteiger partial charge is 0.464 e. The van der Waals surface area contributed by atoms with E-state index < -0.39 is 0 Å². The van der Waals surface area contributed by atoms with Crippen molar-refractivity contribution in [3.8, 4) is 0 Å². The van der Waals surface area contributed by atoms with Gasteiger partial charge in [0.05, 0.1) is 7.11 Å². The minimum absolute atomic E-state index is 0.369. The maximum absolute atomic E-state index is 11.4. The van der Waals surface area contributed by atoms with Gasteiger partial charge < -0.3 is 10.1 Å². The Morgan fingerprint density at radius 1 is 1.50 bits per heavy atom. The van der Waals surface area contributed by atoms with Crippen LogP contribution in [0.3, 0.4) is 0 Å². The molecule has 0 aromatic carbocycles. The van der Waals surface area contributed by atoms with Gasteiger partial charge in [-0.15, -0.1) is 11.3 Å². The van der Waals surface area contributed by atoms with Crippen molar-refractivity contribution < 1.29 is 9.53 Å². The molecule has 0 unspecified atom stereocenters. The van der Waals surface area contributed by atoms with Crippen LogP contribution in [0.5, 0.6) is 0 Å². The third-order valence-electron chi connectivity index (χ3n) is 2.49. The zero-order chi connectivity index (χ0) is 12.1. The predicted octanol–water partition coefficient (Wildman–Crippen LogP) is 2.84. The lowest BCUT2D eigenvalue weighted by Crippen LogP contribution is -2.16. The number of aromatic nitrogens is 1. The van der Waals surface area contributed by atoms with Gasteiger partial charge in [0.2, 0.25) is 0 Å². The van der Waals surface area contributed by atoms with Crippen LogP contribution >= 0.6 is 11.3 Å². The molecule has 1 rings (SSSR count). The normalized spacial score (nSPS) is 10.6. The Morgan fingerprint density at radius 3 is 2.62 bits per heavy atom. The Bertz CT molecular complexity index is 359. The maximum atomic E-state index is 11.4. The standard InChI is InChI=1S/C11H18N2O2S/c1-5-8(6-2)12-11-13-9(7(3)16-11)10(14)15-4/h8H,5-6H2,1-4H3,(H,12,13). The van der Waals surface area contributed by atoms with E-state index in [1.807, 2.05) is 6.92 Å². The Kier molecular flexibility index (Phi) is 4.73. The van der Waals surface area contributed by atoms with Crippen molar-refractivity contribution in [3.05, 3.63) is 10.6 Å². The van der Waals surface area contributed by atoms with Gasteiger partial charge in [-0.25, -0.2) is 9.78 Å². The highest BCUT2D eigenvalue weighted by atomic mass is 32.1. The summed E-state index contributed by atoms with van der Waals surface area (Å²) in [5.74, 6) is -0.369. The highest BCUT2D eigenvalue weighted by molar-refractivity contribution is 7.15. The molecule has 0 saturated heterocycles. The first-order valence-electron chi connectivity index (χ1n) is 5.44. The lowest BCUT2D eigenvalue weighted by molar-refractivity contribution is 0.0594. The van der Waals surface area contributed by atoms with E-state index >= 15 is 0 Å². The number of carbonyl (C=O) groups is 1. The van der Waals surface area contributed by atoms with Gasteiger partial charge in [-0.3, -0.25) is 0 Å². The fraction of sp³-hybridized carbons (Fsp3) is 0.636. The van der Waals surface area contributed by atoms with Gasteiger partial charge >= 0.3 is 5.97 Å². The van der Waals surface area contributed by atoms with Crippen LogP contribution in [0.2, 0.25) is 0 Å². The summed E-state index contributed by atoms with van der Waals surface area (Å²) < 4.78 is 4.67. The summed E-state index contributed by atoms with van der Waals surface area (Å²) in [5.41, 5.74) is 0.418. The van der Waals surface area contributed by atoms with E-state index in [9.17, 15) is 4.79 Å². The lowest BCUT2D eigenvalue weighted by Gasteiger charge is -2.12. The Morgan fingerprint density at radius 2 is 2.12 bits per heavy atom. The number of nitrogens with one attached hydrogen (secondary N) is 1. The summed E-state index contributed by atoms with van der Waals surface area (Å²) in [7, 11) is 1.37. The Hall–Kier alpha value is -1.10. The highest BCUT2D eigenvalue weighted by Crippen LogP contribution is 2.23. The topological polar surface area (TPSA) is 51.2 Å². The van der Waals surface area contributed by atoms with E-state index in [4.69, 9.17) is 0 Å². The number of aryl methyl sites for hydroxylation is 1. The van der Waals surface area contributed by atoms with Crippen molar-refractivity contribution in [2.75, 3.05) is 12.4 Å². The van der Waals surface area contributed by atoms with Crippen LogP contribution in [0.4, 0.5) is 5.13 Å². The molecule has 90 valence electrons. The molecule has 4 nitrogen and oxygen atoms in total. The van der Waals surface area contributed by atoms with Gasteiger partial charge in [-0.05, 0) is 19.8 Å². The molecule has 1 aromatic heterocycles. The van der Waals surface area contributed by atoms with Crippen molar-refractivity contribution in [2.24, 2.45) is 0 Å². The fourth-order valence-electron chi connectivity index (χ4n) is 1.41. The third kappa shape index (κ3) is 2.95. The highest BCUT2D eigenvalue weighted by Gasteiger charge is 2.16. The smallest absolute Gasteiger partial charge is 0.357 e. The molecular weight excluding hydrogens is 224 g/mol. The molecule has 0 atom stereocenters. The second-order valence-corrected chi connectivity index (χ2v) is 4.78. The van der Waals surface area contributed by atoms with E-state index in [2.05, 4.69) is 28.9 Å². The van der Waals surface area contributed by atoms with E-state index in [0.717, 1.165) is 22.9 Å². The number of carbonyl (C=O) groups excluding carboxylic acids is 1. The first-order chi connectivity index (χ1) is 7.62. The number of nitrogens with zero attached hydrogens (tertiary/aromatic N) is 1. The van der Waals surface area contributed by atoms with Gasteiger partial charge in [-0.2, -0.15) is 0 Å². The molecule has 0 aliphatic carbocycles. The number of esters is 1. The lowest BCUT2D eigenvalue weighted by atomic mass is 10.2. The second kappa shape index (κ2) is 5.84. The molecule has 0 fully saturated rings. The van der Waals surface area contributed by atoms with Crippen LogP contribution in [0, 0.1) is 6.92 Å². The number of methoxy groups -OCH3 is 1. The third-order valence-corrected chi connectivity index (χ3v) is 3.39. The number of anilines is 1. The molecule has 1 N–H and O–H groups in total. The SMILES string of the molecule is CCC(CC)Nc1nc(C(=O)OC)c(C)s1. The molecule has 16 heavy (non-hydrogen) atoms. The van der Waals surface area contributed by atoms with Crippen molar-refractivity contribution in [1.82, 2.24) is 4.98 Å². The first-order valence-corrected chi connectivity index (χ1v) is 6.26. The minimum Gasteiger partial charge on any atom is -0.464 e. The van der Waals surface area contributed by atoms with Gasteiger partial charge in [0.25, 0.3) is 0 Å². The van der Waals surface area contributed by atoms with Gasteiger partial charge in [-0.1, -0.05) is 13.8 Å². The van der Waals surface area contributed by atoms with Crippen LogP contribution in [-0.4, -0.2) is 24.1 Å². The van der Waals surface area contributed by atoms with Gasteiger partial charge in [0, 0.05) is 10.9 Å². The summed E-state index contributed by atoms with van der Waals surface area (Å²) >= 11 is 1.49. The summed E-state index contributed by atoms with van der Waals surface area (Å²) in [6.07, 6.45) is 2.09. The molecule has 0 spiro atoms. The van der Waals surface area contributed by atoms with Gasteiger partial charge in [0.1, 0.15) is 0 Å². The molecule has 0 radical (unpaired) electrons. The van der Waals surface area contributed by atoms with E-state index in [0.29, 0.717) is 11.7 Å². The molecule has 0 aliphatic rings. The van der Waals surface area contributed by atoms with E-state index in [1.54, 1.807) is 0 Å². The monoisotopic (exact) mass is 242 g/mol. The molecule has 5 heteroatoms. The maximum Gasteiger partial charge on any atom is 0.357 e. The molecule has 1 heterocycles. The molecule has 0 amide bonds. The summed E-state index contributed by atoms with van der Waals surface area (Å²) in [5, 5.41) is 4.12. The minimum atomic E-state index is -0.369.